The van der Waals surface area contributed by atoms with Gasteiger partial charge in [0.2, 0.25) is 5.82 Å². The van der Waals surface area contributed by atoms with Gasteiger partial charge in [-0.1, -0.05) is 54.6 Å². The Balaban J connectivity index is 2.02. The second-order valence-corrected chi connectivity index (χ2v) is 6.93. The number of piperazine rings is 1. The number of aromatic nitrogens is 1. The maximum absolute atomic E-state index is 10.2. The molecule has 25 heavy (non-hydrogen) atoms. The van der Waals surface area contributed by atoms with Crippen LogP contribution in [-0.4, -0.2) is 43.3 Å². The molecule has 1 aliphatic rings. The van der Waals surface area contributed by atoms with Gasteiger partial charge in [-0.25, -0.2) is 0 Å². The number of hydrogen-bond donors (Lipinski definition) is 2. The summed E-state index contributed by atoms with van der Waals surface area (Å²) in [5.74, 6) is 1.00. The van der Waals surface area contributed by atoms with Crippen LogP contribution >= 0.6 is 0 Å². The Hall–Kier alpha value is -2.27. The zero-order chi connectivity index (χ0) is 17.3. The van der Waals surface area contributed by atoms with E-state index in [2.05, 4.69) is 36.6 Å². The topological polar surface area (TPSA) is 45.2 Å². The first-order valence-corrected chi connectivity index (χ1v) is 8.87. The molecule has 1 aromatic heterocycles. The van der Waals surface area contributed by atoms with Gasteiger partial charge in [0.05, 0.1) is 38.0 Å². The van der Waals surface area contributed by atoms with Crippen molar-refractivity contribution in [2.24, 2.45) is 0 Å². The summed E-state index contributed by atoms with van der Waals surface area (Å²) in [6.07, 6.45) is 0. The van der Waals surface area contributed by atoms with Crippen LogP contribution in [0.1, 0.15) is 5.56 Å². The summed E-state index contributed by atoms with van der Waals surface area (Å²) in [7, 11) is 2.23. The monoisotopic (exact) mass is 334 g/mol. The lowest BCUT2D eigenvalue weighted by Gasteiger charge is -2.38. The first kappa shape index (κ1) is 16.2. The van der Waals surface area contributed by atoms with Gasteiger partial charge in [-0.05, 0) is 5.39 Å². The summed E-state index contributed by atoms with van der Waals surface area (Å²) in [5, 5.41) is 15.8. The second kappa shape index (κ2) is 6.56. The van der Waals surface area contributed by atoms with Crippen LogP contribution in [-0.2, 0) is 6.61 Å². The van der Waals surface area contributed by atoms with Crippen molar-refractivity contribution < 1.29 is 5.11 Å². The quantitative estimate of drug-likeness (QED) is 0.724. The first-order valence-electron chi connectivity index (χ1n) is 8.87. The number of nitrogens with zero attached hydrogens (tertiary/aromatic N) is 2. The van der Waals surface area contributed by atoms with Gasteiger partial charge in [0, 0.05) is 24.0 Å². The van der Waals surface area contributed by atoms with Crippen LogP contribution in [0.5, 0.6) is 0 Å². The number of aliphatic hydroxyl groups is 1. The molecule has 2 heterocycles. The zero-order valence-corrected chi connectivity index (χ0v) is 14.6. The minimum Gasteiger partial charge on any atom is -0.391 e. The van der Waals surface area contributed by atoms with Gasteiger partial charge < -0.3 is 10.4 Å². The highest BCUT2D eigenvalue weighted by molar-refractivity contribution is 5.98. The number of aliphatic hydroxyl groups excluding tert-OH is 1. The largest absolute Gasteiger partial charge is 0.391 e. The molecule has 4 nitrogen and oxygen atoms in total. The van der Waals surface area contributed by atoms with Gasteiger partial charge in [-0.2, -0.15) is 4.98 Å². The third kappa shape index (κ3) is 2.82. The number of likely N-dealkylation sites (N-methyl/N-ethyl adjacent to an activating group) is 1. The van der Waals surface area contributed by atoms with Crippen molar-refractivity contribution in [1.29, 1.82) is 0 Å². The number of nitrogens with one attached hydrogen (secondary N) is 1. The Labute approximate surface area is 148 Å². The Morgan fingerprint density at radius 1 is 0.960 bits per heavy atom. The average Bonchev–Trinajstić information content (AvgIpc) is 2.68. The van der Waals surface area contributed by atoms with Crippen molar-refractivity contribution in [2.45, 2.75) is 6.61 Å². The molecule has 1 saturated heterocycles. The molecule has 4 heteroatoms. The van der Waals surface area contributed by atoms with E-state index in [0.717, 1.165) is 64.1 Å². The predicted octanol–water partition coefficient (Wildman–Crippen LogP) is 2.93. The SMILES string of the molecule is C[N+]1(c2nc(-c3ccccc3)c3ccccc3c2CO)CCNCC1. The number of quaternary nitrogens is 1. The minimum atomic E-state index is 0.0131. The van der Waals surface area contributed by atoms with Gasteiger partial charge in [0.15, 0.2) is 0 Å². The van der Waals surface area contributed by atoms with E-state index in [0.29, 0.717) is 0 Å². The van der Waals surface area contributed by atoms with Crippen molar-refractivity contribution >= 4 is 16.6 Å². The van der Waals surface area contributed by atoms with Gasteiger partial charge in [-0.3, -0.25) is 4.48 Å². The third-order valence-corrected chi connectivity index (χ3v) is 5.28. The Morgan fingerprint density at radius 3 is 2.28 bits per heavy atom. The van der Waals surface area contributed by atoms with E-state index in [1.54, 1.807) is 0 Å². The fraction of sp³-hybridized carbons (Fsp3) is 0.286. The van der Waals surface area contributed by atoms with Gasteiger partial charge in [0.1, 0.15) is 0 Å². The standard InChI is InChI=1S/C21H24N3O/c1-24(13-11-22-12-14-24)21-19(15-25)17-9-5-6-10-18(17)20(23-21)16-7-3-2-4-8-16/h2-10,22,25H,11-15H2,1H3/q+1. The highest BCUT2D eigenvalue weighted by Crippen LogP contribution is 2.36. The van der Waals surface area contributed by atoms with Crippen molar-refractivity contribution in [2.75, 3.05) is 33.2 Å². The van der Waals surface area contributed by atoms with Crippen molar-refractivity contribution in [3.63, 3.8) is 0 Å². The van der Waals surface area contributed by atoms with Gasteiger partial charge in [-0.15, -0.1) is 0 Å². The number of pyridine rings is 1. The fourth-order valence-electron chi connectivity index (χ4n) is 3.83. The molecule has 0 radical (unpaired) electrons. The molecule has 128 valence electrons. The molecule has 0 bridgehead atoms. The molecule has 0 atom stereocenters. The maximum atomic E-state index is 10.2. The molecular formula is C21H24N3O+. The van der Waals surface area contributed by atoms with Crippen molar-refractivity contribution in [3.8, 4) is 11.3 Å². The molecule has 1 aliphatic heterocycles. The summed E-state index contributed by atoms with van der Waals surface area (Å²) in [6.45, 7) is 3.91. The Kier molecular flexibility index (Phi) is 4.25. The van der Waals surface area contributed by atoms with Gasteiger partial charge in [0.25, 0.3) is 0 Å². The average molecular weight is 334 g/mol. The summed E-state index contributed by atoms with van der Waals surface area (Å²) < 4.78 is 0.758. The molecule has 3 aromatic rings. The first-order chi connectivity index (χ1) is 12.2. The van der Waals surface area contributed by atoms with E-state index in [9.17, 15) is 5.11 Å². The van der Waals surface area contributed by atoms with Crippen LogP contribution < -0.4 is 9.80 Å². The molecule has 2 aromatic carbocycles. The van der Waals surface area contributed by atoms with Crippen molar-refractivity contribution in [3.05, 3.63) is 60.2 Å². The second-order valence-electron chi connectivity index (χ2n) is 6.93. The lowest BCUT2D eigenvalue weighted by molar-refractivity contribution is 0.258. The van der Waals surface area contributed by atoms with Crippen LogP contribution in [0.2, 0.25) is 0 Å². The molecule has 0 saturated carbocycles. The molecule has 0 aliphatic carbocycles. The zero-order valence-electron chi connectivity index (χ0n) is 14.6. The van der Waals surface area contributed by atoms with Crippen LogP contribution in [0, 0.1) is 0 Å². The smallest absolute Gasteiger partial charge is 0.234 e. The van der Waals surface area contributed by atoms with Crippen LogP contribution in [0.25, 0.3) is 22.0 Å². The maximum Gasteiger partial charge on any atom is 0.234 e. The molecule has 0 amide bonds. The normalized spacial score (nSPS) is 16.9. The van der Waals surface area contributed by atoms with E-state index in [-0.39, 0.29) is 6.61 Å². The van der Waals surface area contributed by atoms with Crippen LogP contribution in [0.3, 0.4) is 0 Å². The van der Waals surface area contributed by atoms with Crippen molar-refractivity contribution in [1.82, 2.24) is 14.8 Å². The number of benzene rings is 2. The number of fused-ring (bicyclic) bond motifs is 1. The highest BCUT2D eigenvalue weighted by atomic mass is 16.3. The van der Waals surface area contributed by atoms with Gasteiger partial charge >= 0.3 is 0 Å². The Morgan fingerprint density at radius 2 is 1.60 bits per heavy atom. The summed E-state index contributed by atoms with van der Waals surface area (Å²) in [4.78, 5) is 5.12. The van der Waals surface area contributed by atoms with Crippen LogP contribution in [0.15, 0.2) is 54.6 Å². The molecule has 4 rings (SSSR count). The number of rotatable bonds is 3. The molecule has 2 N–H and O–H groups in total. The summed E-state index contributed by atoms with van der Waals surface area (Å²) in [5.41, 5.74) is 3.08. The van der Waals surface area contributed by atoms with E-state index in [1.165, 1.54) is 0 Å². The van der Waals surface area contributed by atoms with E-state index < -0.39 is 0 Å². The van der Waals surface area contributed by atoms with Crippen LogP contribution in [0.4, 0.5) is 5.82 Å². The molecule has 1 fully saturated rings. The lowest BCUT2D eigenvalue weighted by Crippen LogP contribution is -2.57. The molecule has 0 unspecified atom stereocenters. The lowest BCUT2D eigenvalue weighted by atomic mass is 9.99. The summed E-state index contributed by atoms with van der Waals surface area (Å²) in [6, 6.07) is 18.6. The fourth-order valence-corrected chi connectivity index (χ4v) is 3.83. The minimum absolute atomic E-state index is 0.0131. The molecule has 0 spiro atoms. The number of hydrogen-bond acceptors (Lipinski definition) is 3. The summed E-state index contributed by atoms with van der Waals surface area (Å²) >= 11 is 0. The predicted molar refractivity (Wildman–Crippen MR) is 103 cm³/mol. The highest BCUT2D eigenvalue weighted by Gasteiger charge is 2.33. The Bertz CT molecular complexity index is 886. The third-order valence-electron chi connectivity index (χ3n) is 5.28. The van der Waals surface area contributed by atoms with E-state index in [4.69, 9.17) is 4.98 Å². The van der Waals surface area contributed by atoms with E-state index in [1.807, 2.05) is 30.3 Å². The van der Waals surface area contributed by atoms with E-state index >= 15 is 0 Å². The molecular weight excluding hydrogens is 310 g/mol.